The third-order valence-corrected chi connectivity index (χ3v) is 4.51. The van der Waals surface area contributed by atoms with Gasteiger partial charge in [-0.1, -0.05) is 30.3 Å². The molecule has 0 saturated heterocycles. The van der Waals surface area contributed by atoms with Crippen molar-refractivity contribution in [3.05, 3.63) is 95.1 Å². The second-order valence-electron chi connectivity index (χ2n) is 7.08. The molecular weight excluding hydrogens is 394 g/mol. The van der Waals surface area contributed by atoms with Crippen molar-refractivity contribution in [3.63, 3.8) is 0 Å². The number of nitrogens with two attached hydrogens (primary N) is 1. The highest BCUT2D eigenvalue weighted by Gasteiger charge is 2.12. The van der Waals surface area contributed by atoms with Gasteiger partial charge in [-0.25, -0.2) is 0 Å². The van der Waals surface area contributed by atoms with E-state index in [2.05, 4.69) is 5.32 Å². The number of para-hydroxylation sites is 1. The van der Waals surface area contributed by atoms with E-state index in [1.165, 1.54) is 4.90 Å². The van der Waals surface area contributed by atoms with E-state index in [9.17, 15) is 14.4 Å². The summed E-state index contributed by atoms with van der Waals surface area (Å²) in [6.07, 6.45) is 0. The summed E-state index contributed by atoms with van der Waals surface area (Å²) >= 11 is 0. The van der Waals surface area contributed by atoms with E-state index in [0.717, 1.165) is 5.56 Å². The molecule has 0 saturated carbocycles. The van der Waals surface area contributed by atoms with E-state index in [-0.39, 0.29) is 18.4 Å². The highest BCUT2D eigenvalue weighted by molar-refractivity contribution is 6.05. The first-order valence-electron chi connectivity index (χ1n) is 9.59. The molecule has 3 N–H and O–H groups in total. The van der Waals surface area contributed by atoms with Crippen LogP contribution in [0.1, 0.15) is 36.6 Å². The van der Waals surface area contributed by atoms with Gasteiger partial charge >= 0.3 is 0 Å². The van der Waals surface area contributed by atoms with Crippen LogP contribution >= 0.6 is 0 Å². The molecule has 0 heterocycles. The van der Waals surface area contributed by atoms with Crippen LogP contribution in [0.5, 0.6) is 5.75 Å². The molecule has 0 bridgehead atoms. The second-order valence-corrected chi connectivity index (χ2v) is 7.08. The number of amides is 3. The predicted octanol–water partition coefficient (Wildman–Crippen LogP) is 3.32. The first-order chi connectivity index (χ1) is 14.8. The molecule has 0 radical (unpaired) electrons. The largest absolute Gasteiger partial charge is 0.488 e. The Morgan fingerprint density at radius 1 is 0.903 bits per heavy atom. The number of nitrogens with zero attached hydrogens (tertiary/aromatic N) is 1. The Morgan fingerprint density at radius 2 is 1.61 bits per heavy atom. The fourth-order valence-electron chi connectivity index (χ4n) is 2.95. The Bertz CT molecular complexity index is 1130. The van der Waals surface area contributed by atoms with E-state index in [1.807, 2.05) is 6.07 Å². The zero-order valence-corrected chi connectivity index (χ0v) is 17.3. The molecule has 3 aromatic rings. The van der Waals surface area contributed by atoms with Crippen LogP contribution in [-0.4, -0.2) is 36.7 Å². The van der Waals surface area contributed by atoms with E-state index < -0.39 is 5.91 Å². The van der Waals surface area contributed by atoms with Crippen molar-refractivity contribution >= 4 is 23.4 Å². The Kier molecular flexibility index (Phi) is 6.67. The number of benzene rings is 3. The van der Waals surface area contributed by atoms with Gasteiger partial charge in [0, 0.05) is 30.9 Å². The Labute approximate surface area is 180 Å². The van der Waals surface area contributed by atoms with Crippen LogP contribution in [-0.2, 0) is 6.61 Å². The van der Waals surface area contributed by atoms with Gasteiger partial charge in [0.15, 0.2) is 0 Å². The van der Waals surface area contributed by atoms with Crippen molar-refractivity contribution in [1.82, 2.24) is 4.90 Å². The third kappa shape index (κ3) is 5.48. The number of anilines is 1. The number of carbonyl (C=O) groups is 3. The summed E-state index contributed by atoms with van der Waals surface area (Å²) in [4.78, 5) is 37.8. The van der Waals surface area contributed by atoms with E-state index in [4.69, 9.17) is 10.5 Å². The summed E-state index contributed by atoms with van der Waals surface area (Å²) in [7, 11) is 3.34. The zero-order valence-electron chi connectivity index (χ0n) is 17.3. The number of hydrogen-bond donors (Lipinski definition) is 2. The van der Waals surface area contributed by atoms with Gasteiger partial charge in [0.05, 0.1) is 5.56 Å². The molecular formula is C24H23N3O4. The molecule has 0 fully saturated rings. The predicted molar refractivity (Wildman–Crippen MR) is 118 cm³/mol. The van der Waals surface area contributed by atoms with Gasteiger partial charge in [-0.05, 0) is 48.0 Å². The summed E-state index contributed by atoms with van der Waals surface area (Å²) < 4.78 is 5.73. The summed E-state index contributed by atoms with van der Waals surface area (Å²) in [6.45, 7) is 0.165. The van der Waals surface area contributed by atoms with Gasteiger partial charge in [0.25, 0.3) is 17.7 Å². The molecule has 3 aromatic carbocycles. The highest BCUT2D eigenvalue weighted by Crippen LogP contribution is 2.19. The Morgan fingerprint density at radius 3 is 2.35 bits per heavy atom. The van der Waals surface area contributed by atoms with Crippen molar-refractivity contribution in [2.24, 2.45) is 5.73 Å². The molecule has 0 aliphatic carbocycles. The average Bonchev–Trinajstić information content (AvgIpc) is 2.77. The summed E-state index contributed by atoms with van der Waals surface area (Å²) in [6, 6.07) is 20.4. The van der Waals surface area contributed by atoms with Crippen molar-refractivity contribution in [1.29, 1.82) is 0 Å². The number of nitrogens with one attached hydrogen (secondary N) is 1. The fraction of sp³-hybridized carbons (Fsp3) is 0.125. The van der Waals surface area contributed by atoms with Gasteiger partial charge in [0.1, 0.15) is 12.4 Å². The van der Waals surface area contributed by atoms with Crippen molar-refractivity contribution in [2.45, 2.75) is 6.61 Å². The topological polar surface area (TPSA) is 102 Å². The van der Waals surface area contributed by atoms with Gasteiger partial charge in [-0.2, -0.15) is 0 Å². The fourth-order valence-corrected chi connectivity index (χ4v) is 2.95. The van der Waals surface area contributed by atoms with Crippen LogP contribution in [0.3, 0.4) is 0 Å². The maximum absolute atomic E-state index is 12.7. The van der Waals surface area contributed by atoms with Crippen LogP contribution in [0.4, 0.5) is 5.69 Å². The lowest BCUT2D eigenvalue weighted by molar-refractivity contribution is 0.0827. The highest BCUT2D eigenvalue weighted by atomic mass is 16.5. The molecule has 3 amide bonds. The molecule has 0 aliphatic rings. The van der Waals surface area contributed by atoms with E-state index in [0.29, 0.717) is 28.1 Å². The lowest BCUT2D eigenvalue weighted by Gasteiger charge is -2.12. The summed E-state index contributed by atoms with van der Waals surface area (Å²) in [5, 5.41) is 2.81. The van der Waals surface area contributed by atoms with Crippen LogP contribution in [0.25, 0.3) is 0 Å². The number of primary amides is 1. The summed E-state index contributed by atoms with van der Waals surface area (Å²) in [5.74, 6) is -0.647. The minimum atomic E-state index is -0.571. The molecule has 7 nitrogen and oxygen atoms in total. The molecule has 0 aliphatic heterocycles. The van der Waals surface area contributed by atoms with E-state index >= 15 is 0 Å². The molecule has 0 spiro atoms. The normalized spacial score (nSPS) is 10.3. The minimum Gasteiger partial charge on any atom is -0.488 e. The third-order valence-electron chi connectivity index (χ3n) is 4.51. The lowest BCUT2D eigenvalue weighted by Crippen LogP contribution is -2.22. The summed E-state index contributed by atoms with van der Waals surface area (Å²) in [5.41, 5.74) is 7.86. The zero-order chi connectivity index (χ0) is 22.4. The number of carbonyl (C=O) groups excluding carboxylic acids is 3. The number of hydrogen-bond acceptors (Lipinski definition) is 4. The molecule has 0 aromatic heterocycles. The minimum absolute atomic E-state index is 0.147. The molecule has 0 atom stereocenters. The van der Waals surface area contributed by atoms with Gasteiger partial charge in [0.2, 0.25) is 0 Å². The average molecular weight is 417 g/mol. The number of rotatable bonds is 7. The molecule has 7 heteroatoms. The van der Waals surface area contributed by atoms with Crippen molar-refractivity contribution < 1.29 is 19.1 Å². The van der Waals surface area contributed by atoms with Crippen molar-refractivity contribution in [3.8, 4) is 5.75 Å². The van der Waals surface area contributed by atoms with Gasteiger partial charge in [-0.3, -0.25) is 14.4 Å². The molecule has 0 unspecified atom stereocenters. The van der Waals surface area contributed by atoms with Crippen molar-refractivity contribution in [2.75, 3.05) is 19.4 Å². The monoisotopic (exact) mass is 417 g/mol. The molecule has 31 heavy (non-hydrogen) atoms. The SMILES string of the molecule is CN(C)C(=O)c1cccc(NC(=O)c2cccc(COc3ccccc3C(N)=O)c2)c1. The first kappa shape index (κ1) is 21.6. The Balaban J connectivity index is 1.70. The standard InChI is InChI=1S/C24H23N3O4/c1-27(2)24(30)18-9-6-10-19(14-18)26-23(29)17-8-5-7-16(13-17)15-31-21-12-4-3-11-20(21)22(25)28/h3-14H,15H2,1-2H3,(H2,25,28)(H,26,29). The van der Waals surface area contributed by atoms with Crippen LogP contribution in [0.15, 0.2) is 72.8 Å². The smallest absolute Gasteiger partial charge is 0.255 e. The second kappa shape index (κ2) is 9.58. The Hall–Kier alpha value is -4.13. The van der Waals surface area contributed by atoms with Crippen LogP contribution < -0.4 is 15.8 Å². The maximum atomic E-state index is 12.7. The van der Waals surface area contributed by atoms with Crippen LogP contribution in [0, 0.1) is 0 Å². The number of ether oxygens (including phenoxy) is 1. The lowest BCUT2D eigenvalue weighted by atomic mass is 10.1. The molecule has 3 rings (SSSR count). The van der Waals surface area contributed by atoms with Crippen LogP contribution in [0.2, 0.25) is 0 Å². The first-order valence-corrected chi connectivity index (χ1v) is 9.59. The van der Waals surface area contributed by atoms with Gasteiger partial charge in [-0.15, -0.1) is 0 Å². The molecule has 158 valence electrons. The van der Waals surface area contributed by atoms with Gasteiger partial charge < -0.3 is 20.7 Å². The maximum Gasteiger partial charge on any atom is 0.255 e. The quantitative estimate of drug-likeness (QED) is 0.616. The van der Waals surface area contributed by atoms with E-state index in [1.54, 1.807) is 80.8 Å².